The highest BCUT2D eigenvalue weighted by Gasteiger charge is 2.22. The lowest BCUT2D eigenvalue weighted by Gasteiger charge is -2.31. The molecule has 0 radical (unpaired) electrons. The first-order valence-corrected chi connectivity index (χ1v) is 8.50. The van der Waals surface area contributed by atoms with Crippen LogP contribution in [0.3, 0.4) is 0 Å². The van der Waals surface area contributed by atoms with Crippen molar-refractivity contribution in [2.45, 2.75) is 57.7 Å². The molecule has 1 heterocycles. The van der Waals surface area contributed by atoms with Crippen LogP contribution < -0.4 is 0 Å². The van der Waals surface area contributed by atoms with Gasteiger partial charge < -0.3 is 9.42 Å². The van der Waals surface area contributed by atoms with Gasteiger partial charge in [-0.25, -0.2) is 0 Å². The van der Waals surface area contributed by atoms with Crippen LogP contribution in [0, 0.1) is 13.8 Å². The Kier molecular flexibility index (Phi) is 5.52. The molecule has 1 aliphatic carbocycles. The van der Waals surface area contributed by atoms with Crippen molar-refractivity contribution in [3.63, 3.8) is 0 Å². The highest BCUT2D eigenvalue weighted by molar-refractivity contribution is 7.99. The summed E-state index contributed by atoms with van der Waals surface area (Å²) in [6, 6.07) is 0.455. The maximum Gasteiger partial charge on any atom is 0.232 e. The number of amides is 1. The predicted octanol–water partition coefficient (Wildman–Crippen LogP) is 3.32. The standard InChI is InChI=1S/C15H24N2O2S/c1-11-14(12(2)19-16-11)9-20-10-15(18)17(3)13-7-5-4-6-8-13/h13H,4-10H2,1-3H3. The van der Waals surface area contributed by atoms with Gasteiger partial charge in [-0.1, -0.05) is 24.4 Å². The zero-order chi connectivity index (χ0) is 14.5. The number of hydrogen-bond donors (Lipinski definition) is 0. The van der Waals surface area contributed by atoms with E-state index in [0.29, 0.717) is 11.8 Å². The van der Waals surface area contributed by atoms with Crippen LogP contribution in [0.15, 0.2) is 4.52 Å². The van der Waals surface area contributed by atoms with Crippen molar-refractivity contribution in [3.8, 4) is 0 Å². The van der Waals surface area contributed by atoms with Gasteiger partial charge in [-0.15, -0.1) is 11.8 Å². The van der Waals surface area contributed by atoms with Crippen molar-refractivity contribution in [1.82, 2.24) is 10.1 Å². The highest BCUT2D eigenvalue weighted by atomic mass is 32.2. The summed E-state index contributed by atoms with van der Waals surface area (Å²) in [4.78, 5) is 14.2. The fourth-order valence-electron chi connectivity index (χ4n) is 2.72. The van der Waals surface area contributed by atoms with Gasteiger partial charge in [-0.2, -0.15) is 0 Å². The monoisotopic (exact) mass is 296 g/mol. The minimum Gasteiger partial charge on any atom is -0.361 e. The van der Waals surface area contributed by atoms with Gasteiger partial charge in [-0.05, 0) is 26.7 Å². The van der Waals surface area contributed by atoms with Crippen molar-refractivity contribution in [1.29, 1.82) is 0 Å². The molecule has 0 aromatic carbocycles. The number of hydrogen-bond acceptors (Lipinski definition) is 4. The zero-order valence-electron chi connectivity index (χ0n) is 12.6. The number of rotatable bonds is 5. The Morgan fingerprint density at radius 1 is 1.35 bits per heavy atom. The van der Waals surface area contributed by atoms with Gasteiger partial charge in [0, 0.05) is 24.4 Å². The van der Waals surface area contributed by atoms with Crippen molar-refractivity contribution in [2.75, 3.05) is 12.8 Å². The second-order valence-corrected chi connectivity index (χ2v) is 6.58. The maximum absolute atomic E-state index is 12.2. The molecule has 4 nitrogen and oxygen atoms in total. The Balaban J connectivity index is 1.77. The number of aromatic nitrogens is 1. The second-order valence-electron chi connectivity index (χ2n) is 5.59. The summed E-state index contributed by atoms with van der Waals surface area (Å²) in [5, 5.41) is 3.94. The van der Waals surface area contributed by atoms with E-state index in [9.17, 15) is 4.79 Å². The van der Waals surface area contributed by atoms with Crippen LogP contribution in [0.1, 0.15) is 49.1 Å². The number of carbonyl (C=O) groups excluding carboxylic acids is 1. The molecular formula is C15H24N2O2S. The van der Waals surface area contributed by atoms with E-state index < -0.39 is 0 Å². The van der Waals surface area contributed by atoms with Gasteiger partial charge >= 0.3 is 0 Å². The summed E-state index contributed by atoms with van der Waals surface area (Å²) in [5.41, 5.74) is 2.06. The Hall–Kier alpha value is -0.970. The van der Waals surface area contributed by atoms with E-state index >= 15 is 0 Å². The number of aryl methyl sites for hydroxylation is 2. The van der Waals surface area contributed by atoms with E-state index in [-0.39, 0.29) is 5.91 Å². The van der Waals surface area contributed by atoms with Crippen molar-refractivity contribution >= 4 is 17.7 Å². The molecule has 20 heavy (non-hydrogen) atoms. The third-order valence-corrected chi connectivity index (χ3v) is 5.11. The molecular weight excluding hydrogens is 272 g/mol. The first-order valence-electron chi connectivity index (χ1n) is 7.34. The van der Waals surface area contributed by atoms with Crippen LogP contribution in [0.5, 0.6) is 0 Å². The van der Waals surface area contributed by atoms with Crippen LogP contribution in [0.25, 0.3) is 0 Å². The summed E-state index contributed by atoms with van der Waals surface area (Å²) in [7, 11) is 1.95. The minimum atomic E-state index is 0.244. The lowest BCUT2D eigenvalue weighted by Crippen LogP contribution is -2.39. The SMILES string of the molecule is Cc1noc(C)c1CSCC(=O)N(C)C1CCCCC1. The van der Waals surface area contributed by atoms with Crippen molar-refractivity contribution in [3.05, 3.63) is 17.0 Å². The van der Waals surface area contributed by atoms with Gasteiger partial charge in [0.1, 0.15) is 5.76 Å². The second kappa shape index (κ2) is 7.16. The molecule has 1 fully saturated rings. The Bertz CT molecular complexity index is 433. The lowest BCUT2D eigenvalue weighted by atomic mass is 9.94. The maximum atomic E-state index is 12.2. The topological polar surface area (TPSA) is 46.3 Å². The Labute approximate surface area is 125 Å². The minimum absolute atomic E-state index is 0.244. The van der Waals surface area contributed by atoms with Gasteiger partial charge in [0.05, 0.1) is 11.4 Å². The molecule has 0 aliphatic heterocycles. The predicted molar refractivity (Wildman–Crippen MR) is 81.8 cm³/mol. The van der Waals surface area contributed by atoms with Crippen LogP contribution in [0.4, 0.5) is 0 Å². The van der Waals surface area contributed by atoms with E-state index in [1.807, 2.05) is 25.8 Å². The van der Waals surface area contributed by atoms with Crippen molar-refractivity contribution in [2.24, 2.45) is 0 Å². The summed E-state index contributed by atoms with van der Waals surface area (Å²) in [6.45, 7) is 3.87. The van der Waals surface area contributed by atoms with E-state index in [2.05, 4.69) is 5.16 Å². The van der Waals surface area contributed by atoms with Crippen molar-refractivity contribution < 1.29 is 9.32 Å². The fraction of sp³-hybridized carbons (Fsp3) is 0.733. The molecule has 5 heteroatoms. The van der Waals surface area contributed by atoms with E-state index in [1.54, 1.807) is 11.8 Å². The first kappa shape index (κ1) is 15.4. The fourth-order valence-corrected chi connectivity index (χ4v) is 3.82. The molecule has 0 atom stereocenters. The van der Waals surface area contributed by atoms with E-state index in [0.717, 1.165) is 35.6 Å². The summed E-state index contributed by atoms with van der Waals surface area (Å²) >= 11 is 1.65. The summed E-state index contributed by atoms with van der Waals surface area (Å²) in [5.74, 6) is 2.44. The molecule has 1 aromatic heterocycles. The highest BCUT2D eigenvalue weighted by Crippen LogP contribution is 2.23. The smallest absolute Gasteiger partial charge is 0.232 e. The normalized spacial score (nSPS) is 16.4. The number of thioether (sulfide) groups is 1. The van der Waals surface area contributed by atoms with Crippen LogP contribution in [-0.2, 0) is 10.5 Å². The van der Waals surface area contributed by atoms with Crippen LogP contribution in [0.2, 0.25) is 0 Å². The number of nitrogens with zero attached hydrogens (tertiary/aromatic N) is 2. The largest absolute Gasteiger partial charge is 0.361 e. The quantitative estimate of drug-likeness (QED) is 0.836. The Morgan fingerprint density at radius 3 is 2.65 bits per heavy atom. The molecule has 0 unspecified atom stereocenters. The molecule has 0 saturated heterocycles. The molecule has 0 spiro atoms. The third kappa shape index (κ3) is 3.78. The molecule has 0 N–H and O–H groups in total. The van der Waals surface area contributed by atoms with Crippen LogP contribution >= 0.6 is 11.8 Å². The van der Waals surface area contributed by atoms with E-state index in [1.165, 1.54) is 19.3 Å². The molecule has 0 bridgehead atoms. The molecule has 1 aromatic rings. The van der Waals surface area contributed by atoms with Gasteiger partial charge in [0.15, 0.2) is 0 Å². The molecule has 1 amide bonds. The molecule has 2 rings (SSSR count). The van der Waals surface area contributed by atoms with Gasteiger partial charge in [-0.3, -0.25) is 4.79 Å². The first-order chi connectivity index (χ1) is 9.59. The van der Waals surface area contributed by atoms with E-state index in [4.69, 9.17) is 4.52 Å². The van der Waals surface area contributed by atoms with Crippen LogP contribution in [-0.4, -0.2) is 34.8 Å². The average Bonchev–Trinajstić information content (AvgIpc) is 2.79. The van der Waals surface area contributed by atoms with Gasteiger partial charge in [0.25, 0.3) is 0 Å². The third-order valence-electron chi connectivity index (χ3n) is 4.17. The van der Waals surface area contributed by atoms with Gasteiger partial charge in [0.2, 0.25) is 5.91 Å². The Morgan fingerprint density at radius 2 is 2.05 bits per heavy atom. The summed E-state index contributed by atoms with van der Waals surface area (Å²) in [6.07, 6.45) is 6.16. The molecule has 112 valence electrons. The number of carbonyl (C=O) groups is 1. The average molecular weight is 296 g/mol. The lowest BCUT2D eigenvalue weighted by molar-refractivity contribution is -0.129. The zero-order valence-corrected chi connectivity index (χ0v) is 13.5. The molecule has 1 aliphatic rings. The molecule has 1 saturated carbocycles. The summed E-state index contributed by atoms with van der Waals surface area (Å²) < 4.78 is 5.14.